The van der Waals surface area contributed by atoms with Crippen molar-refractivity contribution in [2.24, 2.45) is 5.92 Å². The van der Waals surface area contributed by atoms with Gasteiger partial charge in [0.2, 0.25) is 0 Å². The molecule has 0 aliphatic carbocycles. The van der Waals surface area contributed by atoms with Gasteiger partial charge < -0.3 is 9.47 Å². The Kier molecular flexibility index (Phi) is 3.64. The van der Waals surface area contributed by atoms with E-state index in [1.807, 2.05) is 12.1 Å². The second-order valence-corrected chi connectivity index (χ2v) is 5.10. The van der Waals surface area contributed by atoms with E-state index in [-0.39, 0.29) is 6.09 Å². The molecule has 0 spiro atoms. The van der Waals surface area contributed by atoms with E-state index in [1.54, 1.807) is 11.1 Å². The summed E-state index contributed by atoms with van der Waals surface area (Å²) in [6, 6.07) is 3.91. The summed E-state index contributed by atoms with van der Waals surface area (Å²) in [5, 5.41) is 0. The standard InChI is InChI=1S/C14H18N2O3/c17-14(19-10-11-3-6-18-7-4-11)16-8-12-2-1-5-15-13(12)9-16/h1-2,5,11H,3-4,6-10H2. The maximum absolute atomic E-state index is 12.0. The molecule has 0 unspecified atom stereocenters. The zero-order chi connectivity index (χ0) is 13.1. The Morgan fingerprint density at radius 3 is 3.05 bits per heavy atom. The molecule has 1 aromatic rings. The molecule has 2 aliphatic heterocycles. The van der Waals surface area contributed by atoms with Gasteiger partial charge in [0.25, 0.3) is 0 Å². The topological polar surface area (TPSA) is 51.7 Å². The highest BCUT2D eigenvalue weighted by Crippen LogP contribution is 2.21. The summed E-state index contributed by atoms with van der Waals surface area (Å²) in [6.07, 6.45) is 3.49. The molecule has 102 valence electrons. The molecule has 5 heteroatoms. The second kappa shape index (κ2) is 5.57. The molecule has 3 heterocycles. The van der Waals surface area contributed by atoms with Crippen LogP contribution in [0.5, 0.6) is 0 Å². The van der Waals surface area contributed by atoms with Crippen molar-refractivity contribution in [1.29, 1.82) is 0 Å². The number of pyridine rings is 1. The second-order valence-electron chi connectivity index (χ2n) is 5.10. The number of amides is 1. The number of nitrogens with zero attached hydrogens (tertiary/aromatic N) is 2. The minimum absolute atomic E-state index is 0.232. The molecular weight excluding hydrogens is 244 g/mol. The first kappa shape index (κ1) is 12.4. The van der Waals surface area contributed by atoms with Gasteiger partial charge in [-0.05, 0) is 30.4 Å². The van der Waals surface area contributed by atoms with E-state index in [0.717, 1.165) is 37.3 Å². The fourth-order valence-electron chi connectivity index (χ4n) is 2.52. The van der Waals surface area contributed by atoms with Crippen molar-refractivity contribution in [1.82, 2.24) is 9.88 Å². The number of hydrogen-bond acceptors (Lipinski definition) is 4. The van der Waals surface area contributed by atoms with Crippen LogP contribution in [0.15, 0.2) is 18.3 Å². The van der Waals surface area contributed by atoms with Crippen molar-refractivity contribution >= 4 is 6.09 Å². The van der Waals surface area contributed by atoms with Crippen molar-refractivity contribution < 1.29 is 14.3 Å². The van der Waals surface area contributed by atoms with Crippen LogP contribution in [0.25, 0.3) is 0 Å². The molecule has 1 fully saturated rings. The third kappa shape index (κ3) is 2.87. The summed E-state index contributed by atoms with van der Waals surface area (Å²) in [5.74, 6) is 0.445. The third-order valence-electron chi connectivity index (χ3n) is 3.73. The fourth-order valence-corrected chi connectivity index (χ4v) is 2.52. The van der Waals surface area contributed by atoms with Crippen LogP contribution < -0.4 is 0 Å². The van der Waals surface area contributed by atoms with Crippen LogP contribution in [0, 0.1) is 5.92 Å². The van der Waals surface area contributed by atoms with Crippen LogP contribution in [0.4, 0.5) is 4.79 Å². The highest BCUT2D eigenvalue weighted by atomic mass is 16.6. The average Bonchev–Trinajstić information content (AvgIpc) is 2.90. The molecule has 1 saturated heterocycles. The van der Waals surface area contributed by atoms with Gasteiger partial charge in [0.15, 0.2) is 0 Å². The number of aromatic nitrogens is 1. The highest BCUT2D eigenvalue weighted by molar-refractivity contribution is 5.68. The quantitative estimate of drug-likeness (QED) is 0.817. The molecule has 0 aromatic carbocycles. The summed E-state index contributed by atoms with van der Waals surface area (Å²) >= 11 is 0. The largest absolute Gasteiger partial charge is 0.449 e. The summed E-state index contributed by atoms with van der Waals surface area (Å²) in [4.78, 5) is 18.0. The lowest BCUT2D eigenvalue weighted by Crippen LogP contribution is -2.29. The van der Waals surface area contributed by atoms with Crippen molar-refractivity contribution in [2.75, 3.05) is 19.8 Å². The number of carbonyl (C=O) groups excluding carboxylic acids is 1. The molecule has 3 rings (SSSR count). The maximum Gasteiger partial charge on any atom is 0.410 e. The Hall–Kier alpha value is -1.62. The van der Waals surface area contributed by atoms with Gasteiger partial charge in [-0.1, -0.05) is 6.07 Å². The number of ether oxygens (including phenoxy) is 2. The summed E-state index contributed by atoms with van der Waals surface area (Å²) < 4.78 is 10.7. The first-order valence-electron chi connectivity index (χ1n) is 6.75. The zero-order valence-electron chi connectivity index (χ0n) is 10.9. The van der Waals surface area contributed by atoms with Crippen LogP contribution in [-0.2, 0) is 22.6 Å². The molecule has 1 aromatic heterocycles. The van der Waals surface area contributed by atoms with Crippen LogP contribution in [0.3, 0.4) is 0 Å². The molecule has 0 radical (unpaired) electrons. The molecule has 19 heavy (non-hydrogen) atoms. The average molecular weight is 262 g/mol. The normalized spacial score (nSPS) is 19.3. The van der Waals surface area contributed by atoms with Crippen LogP contribution in [0.1, 0.15) is 24.1 Å². The highest BCUT2D eigenvalue weighted by Gasteiger charge is 2.26. The van der Waals surface area contributed by atoms with Crippen LogP contribution in [0.2, 0.25) is 0 Å². The van der Waals surface area contributed by atoms with Gasteiger partial charge >= 0.3 is 6.09 Å². The summed E-state index contributed by atoms with van der Waals surface area (Å²) in [7, 11) is 0. The first-order valence-corrected chi connectivity index (χ1v) is 6.75. The lowest BCUT2D eigenvalue weighted by Gasteiger charge is -2.23. The van der Waals surface area contributed by atoms with E-state index in [9.17, 15) is 4.79 Å². The number of carbonyl (C=O) groups is 1. The van der Waals surface area contributed by atoms with E-state index in [0.29, 0.717) is 25.6 Å². The van der Waals surface area contributed by atoms with E-state index in [1.165, 1.54) is 0 Å². The van der Waals surface area contributed by atoms with Crippen molar-refractivity contribution in [3.63, 3.8) is 0 Å². The fraction of sp³-hybridized carbons (Fsp3) is 0.571. The molecule has 0 bridgehead atoms. The molecule has 0 N–H and O–H groups in total. The molecule has 2 aliphatic rings. The van der Waals surface area contributed by atoms with E-state index in [2.05, 4.69) is 4.98 Å². The third-order valence-corrected chi connectivity index (χ3v) is 3.73. The first-order chi connectivity index (χ1) is 9.33. The minimum atomic E-state index is -0.232. The lowest BCUT2D eigenvalue weighted by molar-refractivity contribution is 0.0290. The van der Waals surface area contributed by atoms with Crippen LogP contribution in [-0.4, -0.2) is 35.8 Å². The zero-order valence-corrected chi connectivity index (χ0v) is 10.9. The maximum atomic E-state index is 12.0. The van der Waals surface area contributed by atoms with Crippen LogP contribution >= 0.6 is 0 Å². The number of fused-ring (bicyclic) bond motifs is 1. The summed E-state index contributed by atoms with van der Waals surface area (Å²) in [6.45, 7) is 3.23. The van der Waals surface area contributed by atoms with Crippen molar-refractivity contribution in [2.45, 2.75) is 25.9 Å². The molecule has 0 saturated carbocycles. The molecule has 5 nitrogen and oxygen atoms in total. The van der Waals surface area contributed by atoms with Crippen molar-refractivity contribution in [3.8, 4) is 0 Å². The Bertz CT molecular complexity index is 433. The predicted molar refractivity (Wildman–Crippen MR) is 68.4 cm³/mol. The van der Waals surface area contributed by atoms with Gasteiger partial charge in [0.05, 0.1) is 25.4 Å². The Balaban J connectivity index is 1.49. The van der Waals surface area contributed by atoms with Gasteiger partial charge in [0, 0.05) is 19.4 Å². The van der Waals surface area contributed by atoms with Gasteiger partial charge in [-0.3, -0.25) is 9.88 Å². The Morgan fingerprint density at radius 1 is 1.42 bits per heavy atom. The van der Waals surface area contributed by atoms with E-state index in [4.69, 9.17) is 9.47 Å². The lowest BCUT2D eigenvalue weighted by atomic mass is 10.0. The Labute approximate surface area is 112 Å². The van der Waals surface area contributed by atoms with Gasteiger partial charge in [-0.2, -0.15) is 0 Å². The molecular formula is C14H18N2O3. The Morgan fingerprint density at radius 2 is 2.26 bits per heavy atom. The van der Waals surface area contributed by atoms with E-state index < -0.39 is 0 Å². The molecule has 1 amide bonds. The summed E-state index contributed by atoms with van der Waals surface area (Å²) in [5.41, 5.74) is 2.09. The smallest absolute Gasteiger partial charge is 0.410 e. The van der Waals surface area contributed by atoms with Gasteiger partial charge in [-0.25, -0.2) is 4.79 Å². The molecule has 0 atom stereocenters. The monoisotopic (exact) mass is 262 g/mol. The minimum Gasteiger partial charge on any atom is -0.449 e. The number of hydrogen-bond donors (Lipinski definition) is 0. The van der Waals surface area contributed by atoms with Crippen molar-refractivity contribution in [3.05, 3.63) is 29.6 Å². The number of rotatable bonds is 2. The van der Waals surface area contributed by atoms with Gasteiger partial charge in [0.1, 0.15) is 0 Å². The SMILES string of the molecule is O=C(OCC1CCOCC1)N1Cc2cccnc2C1. The predicted octanol–water partition coefficient (Wildman–Crippen LogP) is 1.96. The van der Waals surface area contributed by atoms with Gasteiger partial charge in [-0.15, -0.1) is 0 Å². The van der Waals surface area contributed by atoms with E-state index >= 15 is 0 Å².